The van der Waals surface area contributed by atoms with E-state index in [1.807, 2.05) is 24.3 Å². The van der Waals surface area contributed by atoms with E-state index in [4.69, 9.17) is 5.73 Å². The van der Waals surface area contributed by atoms with Crippen LogP contribution in [-0.2, 0) is 0 Å². The minimum atomic E-state index is 0.306. The first-order valence-corrected chi connectivity index (χ1v) is 5.64. The van der Waals surface area contributed by atoms with E-state index in [2.05, 4.69) is 32.0 Å². The van der Waals surface area contributed by atoms with Gasteiger partial charge in [-0.25, -0.2) is 9.97 Å². The molecule has 3 nitrogen and oxygen atoms in total. The van der Waals surface area contributed by atoms with E-state index in [1.165, 1.54) is 0 Å². The number of benzene rings is 2. The molecular weight excluding hydrogens is 266 g/mol. The third-order valence-corrected chi connectivity index (χ3v) is 3.21. The number of rotatable bonds is 0. The summed E-state index contributed by atoms with van der Waals surface area (Å²) in [5, 5.41) is 3.20. The van der Waals surface area contributed by atoms with E-state index in [0.717, 1.165) is 26.1 Å². The third-order valence-electron chi connectivity index (χ3n) is 2.56. The number of nitrogen functional groups attached to an aromatic ring is 1. The molecule has 2 N–H and O–H groups in total. The smallest absolute Gasteiger partial charge is 0.220 e. The summed E-state index contributed by atoms with van der Waals surface area (Å²) in [4.78, 5) is 8.29. The fourth-order valence-electron chi connectivity index (χ4n) is 1.84. The van der Waals surface area contributed by atoms with E-state index in [9.17, 15) is 0 Å². The molecule has 0 spiro atoms. The Labute approximate surface area is 100 Å². The molecule has 0 fully saturated rings. The molecule has 0 bridgehead atoms. The van der Waals surface area contributed by atoms with Crippen molar-refractivity contribution in [3.63, 3.8) is 0 Å². The number of fused-ring (bicyclic) bond motifs is 3. The lowest BCUT2D eigenvalue weighted by Gasteiger charge is -2.05. The summed E-state index contributed by atoms with van der Waals surface area (Å²) in [7, 11) is 0. The summed E-state index contributed by atoms with van der Waals surface area (Å²) in [5.41, 5.74) is 6.51. The maximum absolute atomic E-state index is 5.62. The standard InChI is InChI=1S/C12H8BrN3/c13-10-5-7-6-15-12(14)16-11(7)9-4-2-1-3-8(9)10/h1-6H,(H2,14,15,16). The van der Waals surface area contributed by atoms with Gasteiger partial charge in [0.05, 0.1) is 5.52 Å². The molecule has 0 saturated heterocycles. The van der Waals surface area contributed by atoms with Crippen LogP contribution < -0.4 is 5.73 Å². The Kier molecular flexibility index (Phi) is 2.04. The molecule has 0 atom stereocenters. The second-order valence-corrected chi connectivity index (χ2v) is 4.42. The summed E-state index contributed by atoms with van der Waals surface area (Å²) >= 11 is 3.55. The average molecular weight is 274 g/mol. The van der Waals surface area contributed by atoms with Gasteiger partial charge < -0.3 is 5.73 Å². The number of nitrogens with two attached hydrogens (primary N) is 1. The number of halogens is 1. The first-order chi connectivity index (χ1) is 7.75. The lowest BCUT2D eigenvalue weighted by atomic mass is 10.1. The van der Waals surface area contributed by atoms with Gasteiger partial charge in [0.1, 0.15) is 0 Å². The number of hydrogen-bond donors (Lipinski definition) is 1. The van der Waals surface area contributed by atoms with Crippen molar-refractivity contribution < 1.29 is 0 Å². The topological polar surface area (TPSA) is 51.8 Å². The van der Waals surface area contributed by atoms with Crippen molar-refractivity contribution in [1.29, 1.82) is 0 Å². The zero-order valence-corrected chi connectivity index (χ0v) is 9.90. The van der Waals surface area contributed by atoms with Crippen LogP contribution in [0.15, 0.2) is 41.0 Å². The average Bonchev–Trinajstić information content (AvgIpc) is 2.31. The van der Waals surface area contributed by atoms with Gasteiger partial charge in [-0.3, -0.25) is 0 Å². The summed E-state index contributed by atoms with van der Waals surface area (Å²) in [5.74, 6) is 0.306. The van der Waals surface area contributed by atoms with Gasteiger partial charge >= 0.3 is 0 Å². The largest absolute Gasteiger partial charge is 0.368 e. The molecule has 1 heterocycles. The summed E-state index contributed by atoms with van der Waals surface area (Å²) < 4.78 is 1.05. The number of nitrogens with zero attached hydrogens (tertiary/aromatic N) is 2. The summed E-state index contributed by atoms with van der Waals surface area (Å²) in [6, 6.07) is 10.1. The Morgan fingerprint density at radius 2 is 1.88 bits per heavy atom. The Morgan fingerprint density at radius 1 is 1.12 bits per heavy atom. The molecule has 2 aromatic carbocycles. The van der Waals surface area contributed by atoms with Crippen LogP contribution in [0.25, 0.3) is 21.7 Å². The van der Waals surface area contributed by atoms with Gasteiger partial charge in [0.2, 0.25) is 5.95 Å². The highest BCUT2D eigenvalue weighted by Crippen LogP contribution is 2.30. The molecule has 0 aliphatic rings. The highest BCUT2D eigenvalue weighted by Gasteiger charge is 2.06. The Hall–Kier alpha value is -1.68. The summed E-state index contributed by atoms with van der Waals surface area (Å²) in [6.45, 7) is 0. The second-order valence-electron chi connectivity index (χ2n) is 3.57. The highest BCUT2D eigenvalue weighted by molar-refractivity contribution is 9.10. The van der Waals surface area contributed by atoms with Gasteiger partial charge in [0, 0.05) is 21.4 Å². The first-order valence-electron chi connectivity index (χ1n) is 4.85. The quantitative estimate of drug-likeness (QED) is 0.641. The van der Waals surface area contributed by atoms with Crippen molar-refractivity contribution in [3.8, 4) is 0 Å². The molecule has 0 radical (unpaired) electrons. The van der Waals surface area contributed by atoms with Crippen molar-refractivity contribution in [3.05, 3.63) is 41.0 Å². The predicted octanol–water partition coefficient (Wildman–Crippen LogP) is 3.13. The van der Waals surface area contributed by atoms with Gasteiger partial charge in [-0.1, -0.05) is 40.2 Å². The summed E-state index contributed by atoms with van der Waals surface area (Å²) in [6.07, 6.45) is 1.74. The van der Waals surface area contributed by atoms with Crippen molar-refractivity contribution in [1.82, 2.24) is 9.97 Å². The molecule has 4 heteroatoms. The van der Waals surface area contributed by atoms with Crippen LogP contribution in [0.3, 0.4) is 0 Å². The second kappa shape index (κ2) is 3.42. The van der Waals surface area contributed by atoms with Gasteiger partial charge in [-0.05, 0) is 11.5 Å². The maximum atomic E-state index is 5.62. The zero-order chi connectivity index (χ0) is 11.1. The van der Waals surface area contributed by atoms with Crippen LogP contribution in [-0.4, -0.2) is 9.97 Å². The zero-order valence-electron chi connectivity index (χ0n) is 8.31. The van der Waals surface area contributed by atoms with Crippen LogP contribution in [0.4, 0.5) is 5.95 Å². The molecule has 3 rings (SSSR count). The lowest BCUT2D eigenvalue weighted by molar-refractivity contribution is 1.24. The molecule has 16 heavy (non-hydrogen) atoms. The van der Waals surface area contributed by atoms with Crippen molar-refractivity contribution >= 4 is 43.6 Å². The third kappa shape index (κ3) is 1.34. The lowest BCUT2D eigenvalue weighted by Crippen LogP contribution is -1.94. The fourth-order valence-corrected chi connectivity index (χ4v) is 2.43. The number of aromatic nitrogens is 2. The number of anilines is 1. The minimum Gasteiger partial charge on any atom is -0.368 e. The van der Waals surface area contributed by atoms with Crippen LogP contribution in [0.1, 0.15) is 0 Å². The molecule has 0 aliphatic carbocycles. The highest BCUT2D eigenvalue weighted by atomic mass is 79.9. The molecule has 78 valence electrons. The van der Waals surface area contributed by atoms with E-state index < -0.39 is 0 Å². The molecule has 1 aromatic heterocycles. The Bertz CT molecular complexity index is 694. The van der Waals surface area contributed by atoms with Crippen molar-refractivity contribution in [2.45, 2.75) is 0 Å². The van der Waals surface area contributed by atoms with Crippen LogP contribution in [0, 0.1) is 0 Å². The molecule has 0 unspecified atom stereocenters. The first kappa shape index (κ1) is 9.54. The van der Waals surface area contributed by atoms with Gasteiger partial charge in [-0.2, -0.15) is 0 Å². The molecule has 0 aliphatic heterocycles. The fraction of sp³-hybridized carbons (Fsp3) is 0. The van der Waals surface area contributed by atoms with E-state index in [1.54, 1.807) is 6.20 Å². The normalized spacial score (nSPS) is 11.1. The minimum absolute atomic E-state index is 0.306. The molecule has 0 saturated carbocycles. The Balaban J connectivity index is 2.61. The van der Waals surface area contributed by atoms with Crippen molar-refractivity contribution in [2.75, 3.05) is 5.73 Å². The van der Waals surface area contributed by atoms with Crippen molar-refractivity contribution in [2.24, 2.45) is 0 Å². The van der Waals surface area contributed by atoms with E-state index in [-0.39, 0.29) is 0 Å². The Morgan fingerprint density at radius 3 is 2.69 bits per heavy atom. The maximum Gasteiger partial charge on any atom is 0.220 e. The molecule has 0 amide bonds. The SMILES string of the molecule is Nc1ncc2cc(Br)c3ccccc3c2n1. The van der Waals surface area contributed by atoms with E-state index >= 15 is 0 Å². The monoisotopic (exact) mass is 273 g/mol. The number of hydrogen-bond acceptors (Lipinski definition) is 3. The molecule has 3 aromatic rings. The van der Waals surface area contributed by atoms with Crippen LogP contribution >= 0.6 is 15.9 Å². The predicted molar refractivity (Wildman–Crippen MR) is 69.2 cm³/mol. The van der Waals surface area contributed by atoms with Gasteiger partial charge in [-0.15, -0.1) is 0 Å². The van der Waals surface area contributed by atoms with Gasteiger partial charge in [0.25, 0.3) is 0 Å². The van der Waals surface area contributed by atoms with Crippen LogP contribution in [0.2, 0.25) is 0 Å². The van der Waals surface area contributed by atoms with Crippen LogP contribution in [0.5, 0.6) is 0 Å². The van der Waals surface area contributed by atoms with Gasteiger partial charge in [0.15, 0.2) is 0 Å². The molecular formula is C12H8BrN3. The van der Waals surface area contributed by atoms with E-state index in [0.29, 0.717) is 5.95 Å².